The highest BCUT2D eigenvalue weighted by Gasteiger charge is 2.09. The van der Waals surface area contributed by atoms with Crippen LogP contribution in [-0.4, -0.2) is 18.1 Å². The average molecular weight is 265 g/mol. The highest BCUT2D eigenvalue weighted by atomic mass is 79.9. The molecule has 0 fully saturated rings. The van der Waals surface area contributed by atoms with E-state index < -0.39 is 5.97 Å². The van der Waals surface area contributed by atoms with Crippen molar-refractivity contribution in [2.45, 2.75) is 5.33 Å². The molecule has 5 heteroatoms. The van der Waals surface area contributed by atoms with Crippen molar-refractivity contribution in [2.75, 3.05) is 7.11 Å². The monoisotopic (exact) mass is 263 g/mol. The van der Waals surface area contributed by atoms with Crippen LogP contribution in [0, 0.1) is 0 Å². The molecule has 70 valence electrons. The first-order valence-electron chi connectivity index (χ1n) is 3.48. The van der Waals surface area contributed by atoms with E-state index in [2.05, 4.69) is 25.7 Å². The zero-order valence-electron chi connectivity index (χ0n) is 6.88. The zero-order valence-corrected chi connectivity index (χ0v) is 9.22. The number of ether oxygens (including phenoxy) is 1. The summed E-state index contributed by atoms with van der Waals surface area (Å²) in [5, 5.41) is 0.913. The minimum atomic E-state index is -0.482. The first kappa shape index (κ1) is 10.5. The Balaban J connectivity index is 3.08. The Morgan fingerprint density at radius 2 is 2.38 bits per heavy atom. The van der Waals surface area contributed by atoms with Crippen molar-refractivity contribution in [3.63, 3.8) is 0 Å². The van der Waals surface area contributed by atoms with Gasteiger partial charge in [0.25, 0.3) is 0 Å². The summed E-state index contributed by atoms with van der Waals surface area (Å²) in [5.74, 6) is -0.482. The fraction of sp³-hybridized carbons (Fsp3) is 0.250. The van der Waals surface area contributed by atoms with Gasteiger partial charge < -0.3 is 4.74 Å². The number of rotatable bonds is 2. The fourth-order valence-corrected chi connectivity index (χ4v) is 1.39. The molecule has 0 saturated heterocycles. The largest absolute Gasteiger partial charge is 0.464 e. The first-order chi connectivity index (χ1) is 6.17. The van der Waals surface area contributed by atoms with Gasteiger partial charge in [-0.3, -0.25) is 0 Å². The molecule has 0 unspecified atom stereocenters. The molecule has 0 radical (unpaired) electrons. The van der Waals surface area contributed by atoms with Crippen molar-refractivity contribution in [3.8, 4) is 0 Å². The van der Waals surface area contributed by atoms with Crippen molar-refractivity contribution in [1.29, 1.82) is 0 Å². The highest BCUT2D eigenvalue weighted by Crippen LogP contribution is 2.13. The van der Waals surface area contributed by atoms with Crippen LogP contribution in [-0.2, 0) is 10.1 Å². The van der Waals surface area contributed by atoms with Gasteiger partial charge in [-0.2, -0.15) is 0 Å². The number of hydrogen-bond donors (Lipinski definition) is 0. The minimum absolute atomic E-state index is 0.226. The number of esters is 1. The maximum atomic E-state index is 11.1. The topological polar surface area (TPSA) is 39.2 Å². The number of pyridine rings is 1. The maximum Gasteiger partial charge on any atom is 0.356 e. The van der Waals surface area contributed by atoms with Gasteiger partial charge in [-0.15, -0.1) is 0 Å². The number of nitrogens with zero attached hydrogens (tertiary/aromatic N) is 1. The second-order valence-corrected chi connectivity index (χ2v) is 3.26. The third-order valence-corrected chi connectivity index (χ3v) is 2.24. The van der Waals surface area contributed by atoms with Crippen molar-refractivity contribution < 1.29 is 9.53 Å². The fourth-order valence-electron chi connectivity index (χ4n) is 0.836. The summed E-state index contributed by atoms with van der Waals surface area (Å²) in [4.78, 5) is 14.9. The van der Waals surface area contributed by atoms with E-state index in [4.69, 9.17) is 11.6 Å². The number of hydrogen-bond acceptors (Lipinski definition) is 3. The van der Waals surface area contributed by atoms with E-state index in [-0.39, 0.29) is 10.8 Å². The summed E-state index contributed by atoms with van der Waals surface area (Å²) in [7, 11) is 1.30. The number of carbonyl (C=O) groups is 1. The van der Waals surface area contributed by atoms with E-state index in [9.17, 15) is 4.79 Å². The van der Waals surface area contributed by atoms with Gasteiger partial charge in [0.05, 0.1) is 7.11 Å². The van der Waals surface area contributed by atoms with Gasteiger partial charge in [0.1, 0.15) is 10.8 Å². The van der Waals surface area contributed by atoms with Crippen LogP contribution >= 0.6 is 27.5 Å². The average Bonchev–Trinajstić information content (AvgIpc) is 2.15. The molecule has 1 heterocycles. The molecule has 0 saturated carbocycles. The van der Waals surface area contributed by atoms with Gasteiger partial charge in [0.2, 0.25) is 0 Å². The molecule has 0 spiro atoms. The second kappa shape index (κ2) is 4.58. The molecule has 1 rings (SSSR count). The Bertz CT molecular complexity index is 330. The van der Waals surface area contributed by atoms with Crippen LogP contribution in [0.3, 0.4) is 0 Å². The van der Waals surface area contributed by atoms with Crippen molar-refractivity contribution >= 4 is 33.5 Å². The zero-order chi connectivity index (χ0) is 9.84. The van der Waals surface area contributed by atoms with Crippen molar-refractivity contribution in [1.82, 2.24) is 4.98 Å². The molecule has 3 nitrogen and oxygen atoms in total. The van der Waals surface area contributed by atoms with Gasteiger partial charge in [-0.05, 0) is 17.7 Å². The summed E-state index contributed by atoms with van der Waals surface area (Å²) in [6, 6.07) is 3.31. The number of halogens is 2. The molecule has 0 aromatic carbocycles. The van der Waals surface area contributed by atoms with Crippen molar-refractivity contribution in [2.24, 2.45) is 0 Å². The van der Waals surface area contributed by atoms with Crippen LogP contribution in [0.5, 0.6) is 0 Å². The summed E-state index contributed by atoms with van der Waals surface area (Å²) in [5.41, 5.74) is 1.12. The second-order valence-electron chi connectivity index (χ2n) is 2.31. The smallest absolute Gasteiger partial charge is 0.356 e. The first-order valence-corrected chi connectivity index (χ1v) is 4.98. The number of alkyl halides is 1. The molecule has 0 bridgehead atoms. The molecule has 0 aliphatic rings. The Morgan fingerprint density at radius 1 is 1.69 bits per heavy atom. The van der Waals surface area contributed by atoms with Crippen LogP contribution in [0.25, 0.3) is 0 Å². The summed E-state index contributed by atoms with van der Waals surface area (Å²) in [6.07, 6.45) is 0. The molecule has 0 aliphatic carbocycles. The van der Waals surface area contributed by atoms with Crippen LogP contribution in [0.15, 0.2) is 12.1 Å². The van der Waals surface area contributed by atoms with E-state index in [1.54, 1.807) is 12.1 Å². The molecule has 1 aromatic heterocycles. The van der Waals surface area contributed by atoms with E-state index in [0.717, 1.165) is 5.56 Å². The summed E-state index contributed by atoms with van der Waals surface area (Å²) >= 11 is 8.95. The van der Waals surface area contributed by atoms with E-state index in [1.807, 2.05) is 0 Å². The number of carbonyl (C=O) groups excluding carboxylic acids is 1. The maximum absolute atomic E-state index is 11.1. The molecule has 1 aromatic rings. The SMILES string of the molecule is COC(=O)c1cc(CBr)cc(Cl)n1. The third-order valence-electron chi connectivity index (χ3n) is 1.40. The lowest BCUT2D eigenvalue weighted by molar-refractivity contribution is 0.0594. The Hall–Kier alpha value is -0.610. The Kier molecular flexibility index (Phi) is 3.69. The van der Waals surface area contributed by atoms with Crippen LogP contribution in [0.4, 0.5) is 0 Å². The van der Waals surface area contributed by atoms with Gasteiger partial charge in [-0.25, -0.2) is 9.78 Å². The summed E-state index contributed by atoms with van der Waals surface area (Å²) in [6.45, 7) is 0. The quantitative estimate of drug-likeness (QED) is 0.468. The lowest BCUT2D eigenvalue weighted by atomic mass is 10.2. The number of methoxy groups -OCH3 is 1. The number of aromatic nitrogens is 1. The molecule has 0 aliphatic heterocycles. The molecular weight excluding hydrogens is 257 g/mol. The van der Waals surface area contributed by atoms with Crippen LogP contribution in [0.2, 0.25) is 5.15 Å². The Morgan fingerprint density at radius 3 is 2.92 bits per heavy atom. The third kappa shape index (κ3) is 2.67. The lowest BCUT2D eigenvalue weighted by Crippen LogP contribution is -2.04. The van der Waals surface area contributed by atoms with Gasteiger partial charge >= 0.3 is 5.97 Å². The molecule has 0 atom stereocenters. The van der Waals surface area contributed by atoms with Gasteiger partial charge in [0.15, 0.2) is 0 Å². The molecular formula is C8H7BrClNO2. The predicted octanol–water partition coefficient (Wildman–Crippen LogP) is 2.42. The lowest BCUT2D eigenvalue weighted by Gasteiger charge is -2.01. The van der Waals surface area contributed by atoms with E-state index in [0.29, 0.717) is 5.33 Å². The van der Waals surface area contributed by atoms with Crippen LogP contribution in [0.1, 0.15) is 16.1 Å². The highest BCUT2D eigenvalue weighted by molar-refractivity contribution is 9.08. The predicted molar refractivity (Wildman–Crippen MR) is 53.2 cm³/mol. The van der Waals surface area contributed by atoms with E-state index >= 15 is 0 Å². The van der Waals surface area contributed by atoms with Gasteiger partial charge in [-0.1, -0.05) is 27.5 Å². The van der Waals surface area contributed by atoms with Crippen molar-refractivity contribution in [3.05, 3.63) is 28.5 Å². The Labute approximate surface area is 89.2 Å². The minimum Gasteiger partial charge on any atom is -0.464 e. The standard InChI is InChI=1S/C8H7BrClNO2/c1-13-8(12)6-2-5(4-9)3-7(10)11-6/h2-3H,4H2,1H3. The van der Waals surface area contributed by atoms with E-state index in [1.165, 1.54) is 7.11 Å². The van der Waals surface area contributed by atoms with Gasteiger partial charge in [0, 0.05) is 5.33 Å². The molecule has 0 amide bonds. The summed E-state index contributed by atoms with van der Waals surface area (Å²) < 4.78 is 4.52. The van der Waals surface area contributed by atoms with Crippen LogP contribution < -0.4 is 0 Å². The molecule has 13 heavy (non-hydrogen) atoms. The normalized spacial score (nSPS) is 9.77. The molecule has 0 N–H and O–H groups in total.